The molecule has 5 heteroatoms. The van der Waals surface area contributed by atoms with Crippen molar-refractivity contribution in [2.24, 2.45) is 0 Å². The molecule has 1 aromatic heterocycles. The highest BCUT2D eigenvalue weighted by Crippen LogP contribution is 2.42. The van der Waals surface area contributed by atoms with Crippen LogP contribution in [0.25, 0.3) is 0 Å². The molecule has 14 heavy (non-hydrogen) atoms. The summed E-state index contributed by atoms with van der Waals surface area (Å²) in [6.45, 7) is 3.25. The normalized spacial score (nSPS) is 15.9. The second kappa shape index (κ2) is 3.98. The Morgan fingerprint density at radius 1 is 1.64 bits per heavy atom. The molecule has 0 atom stereocenters. The predicted molar refractivity (Wildman–Crippen MR) is 64.3 cm³/mol. The second-order valence-electron chi connectivity index (χ2n) is 3.42. The number of rotatable bonds is 4. The molecule has 1 aliphatic rings. The zero-order valence-electron chi connectivity index (χ0n) is 8.49. The quantitative estimate of drug-likeness (QED) is 0.805. The van der Waals surface area contributed by atoms with Crippen LogP contribution in [0.15, 0.2) is 4.90 Å². The molecule has 1 aliphatic carbocycles. The van der Waals surface area contributed by atoms with Crippen LogP contribution in [0.1, 0.15) is 19.8 Å². The van der Waals surface area contributed by atoms with Crippen LogP contribution in [0, 0.1) is 0 Å². The third kappa shape index (κ3) is 1.70. The van der Waals surface area contributed by atoms with Crippen molar-refractivity contribution >= 4 is 34.1 Å². The minimum absolute atomic E-state index is 0.691. The summed E-state index contributed by atoms with van der Waals surface area (Å²) >= 11 is 3.23. The molecule has 0 spiro atoms. The summed E-state index contributed by atoms with van der Waals surface area (Å²) in [6, 6.07) is 0.741. The number of hydrogen-bond donors (Lipinski definition) is 1. The third-order valence-corrected chi connectivity index (χ3v) is 4.29. The van der Waals surface area contributed by atoms with Crippen molar-refractivity contribution in [3.8, 4) is 0 Å². The molecule has 0 bridgehead atoms. The van der Waals surface area contributed by atoms with E-state index in [0.717, 1.165) is 17.5 Å². The molecule has 0 amide bonds. The van der Waals surface area contributed by atoms with E-state index in [1.54, 1.807) is 11.8 Å². The van der Waals surface area contributed by atoms with Gasteiger partial charge in [0.15, 0.2) is 5.82 Å². The molecule has 1 fully saturated rings. The van der Waals surface area contributed by atoms with Crippen LogP contribution < -0.4 is 10.6 Å². The number of aromatic nitrogens is 1. The van der Waals surface area contributed by atoms with Crippen LogP contribution in [0.5, 0.6) is 0 Å². The van der Waals surface area contributed by atoms with Crippen molar-refractivity contribution < 1.29 is 0 Å². The van der Waals surface area contributed by atoms with E-state index in [-0.39, 0.29) is 0 Å². The Morgan fingerprint density at radius 3 is 2.86 bits per heavy atom. The average molecular weight is 229 g/mol. The molecule has 3 nitrogen and oxygen atoms in total. The minimum Gasteiger partial charge on any atom is -0.382 e. The lowest BCUT2D eigenvalue weighted by molar-refractivity contribution is 0.828. The van der Waals surface area contributed by atoms with Crippen LogP contribution in [-0.4, -0.2) is 23.2 Å². The number of hydrogen-bond acceptors (Lipinski definition) is 5. The molecule has 0 aromatic carbocycles. The molecular weight excluding hydrogens is 214 g/mol. The van der Waals surface area contributed by atoms with Crippen molar-refractivity contribution in [2.45, 2.75) is 30.7 Å². The first-order chi connectivity index (χ1) is 6.77. The van der Waals surface area contributed by atoms with E-state index in [9.17, 15) is 0 Å². The van der Waals surface area contributed by atoms with Crippen LogP contribution in [0.2, 0.25) is 0 Å². The number of thioether (sulfide) groups is 1. The Bertz CT molecular complexity index is 320. The number of anilines is 2. The summed E-state index contributed by atoms with van der Waals surface area (Å²) in [5, 5.41) is 1.26. The third-order valence-electron chi connectivity index (χ3n) is 2.45. The highest BCUT2D eigenvalue weighted by atomic mass is 32.2. The first-order valence-corrected chi connectivity index (χ1v) is 6.83. The van der Waals surface area contributed by atoms with Gasteiger partial charge in [-0.15, -0.1) is 11.8 Å². The van der Waals surface area contributed by atoms with Gasteiger partial charge in [0.2, 0.25) is 0 Å². The topological polar surface area (TPSA) is 42.2 Å². The molecule has 1 aromatic rings. The number of nitrogens with zero attached hydrogens (tertiary/aromatic N) is 2. The number of nitrogens with two attached hydrogens (primary N) is 1. The maximum absolute atomic E-state index is 5.82. The summed E-state index contributed by atoms with van der Waals surface area (Å²) < 4.78 is 4.22. The minimum atomic E-state index is 0.691. The van der Waals surface area contributed by atoms with E-state index in [0.29, 0.717) is 5.82 Å². The maximum atomic E-state index is 5.82. The first-order valence-electron chi connectivity index (χ1n) is 4.83. The van der Waals surface area contributed by atoms with Crippen molar-refractivity contribution in [3.63, 3.8) is 0 Å². The van der Waals surface area contributed by atoms with Crippen molar-refractivity contribution in [1.82, 2.24) is 4.37 Å². The lowest BCUT2D eigenvalue weighted by atomic mass is 10.4. The van der Waals surface area contributed by atoms with Crippen molar-refractivity contribution in [2.75, 3.05) is 23.4 Å². The van der Waals surface area contributed by atoms with Gasteiger partial charge in [-0.1, -0.05) is 0 Å². The molecule has 0 radical (unpaired) electrons. The molecule has 1 saturated carbocycles. The smallest absolute Gasteiger partial charge is 0.153 e. The monoisotopic (exact) mass is 229 g/mol. The Labute approximate surface area is 92.8 Å². The lowest BCUT2D eigenvalue weighted by Crippen LogP contribution is -2.24. The van der Waals surface area contributed by atoms with Gasteiger partial charge in [0.05, 0.1) is 4.90 Å². The summed E-state index contributed by atoms with van der Waals surface area (Å²) in [5.41, 5.74) is 5.82. The zero-order chi connectivity index (χ0) is 10.1. The van der Waals surface area contributed by atoms with Gasteiger partial charge in [0, 0.05) is 12.6 Å². The molecular formula is C9H15N3S2. The number of nitrogen functional groups attached to an aromatic ring is 1. The molecule has 2 N–H and O–H groups in total. The van der Waals surface area contributed by atoms with Gasteiger partial charge in [-0.2, -0.15) is 4.37 Å². The molecule has 2 rings (SSSR count). The standard InChI is InChI=1S/C9H15N3S2/c1-3-12(6-4-5-6)9-7(13-2)8(10)11-14-9/h6H,3-5H2,1-2H3,(H2,10,11). The van der Waals surface area contributed by atoms with Gasteiger partial charge in [-0.25, -0.2) is 0 Å². The van der Waals surface area contributed by atoms with Gasteiger partial charge in [-0.3, -0.25) is 0 Å². The van der Waals surface area contributed by atoms with E-state index >= 15 is 0 Å². The summed E-state index contributed by atoms with van der Waals surface area (Å²) in [5.74, 6) is 0.691. The highest BCUT2D eigenvalue weighted by molar-refractivity contribution is 7.99. The highest BCUT2D eigenvalue weighted by Gasteiger charge is 2.31. The Balaban J connectivity index is 2.28. The summed E-state index contributed by atoms with van der Waals surface area (Å²) in [7, 11) is 0. The second-order valence-corrected chi connectivity index (χ2v) is 4.99. The zero-order valence-corrected chi connectivity index (χ0v) is 10.1. The summed E-state index contributed by atoms with van der Waals surface area (Å²) in [4.78, 5) is 3.59. The van der Waals surface area contributed by atoms with Crippen LogP contribution in [0.4, 0.5) is 10.8 Å². The molecule has 78 valence electrons. The van der Waals surface area contributed by atoms with Gasteiger partial charge in [0.1, 0.15) is 5.00 Å². The van der Waals surface area contributed by atoms with E-state index < -0.39 is 0 Å². The van der Waals surface area contributed by atoms with Gasteiger partial charge in [0.25, 0.3) is 0 Å². The lowest BCUT2D eigenvalue weighted by Gasteiger charge is -2.21. The summed E-state index contributed by atoms with van der Waals surface area (Å²) in [6.07, 6.45) is 4.70. The molecule has 1 heterocycles. The van der Waals surface area contributed by atoms with Crippen molar-refractivity contribution in [3.05, 3.63) is 0 Å². The van der Waals surface area contributed by atoms with Gasteiger partial charge in [-0.05, 0) is 37.6 Å². The first kappa shape index (κ1) is 10.1. The Kier molecular flexibility index (Phi) is 2.88. The van der Waals surface area contributed by atoms with E-state index in [1.165, 1.54) is 29.4 Å². The van der Waals surface area contributed by atoms with Crippen LogP contribution in [-0.2, 0) is 0 Å². The van der Waals surface area contributed by atoms with E-state index in [1.807, 2.05) is 0 Å². The fraction of sp³-hybridized carbons (Fsp3) is 0.667. The maximum Gasteiger partial charge on any atom is 0.153 e. The molecule has 0 aliphatic heterocycles. The fourth-order valence-electron chi connectivity index (χ4n) is 1.61. The average Bonchev–Trinajstić information content (AvgIpc) is 2.93. The van der Waals surface area contributed by atoms with E-state index in [2.05, 4.69) is 22.5 Å². The Hall–Kier alpha value is -0.420. The molecule has 0 unspecified atom stereocenters. The largest absolute Gasteiger partial charge is 0.382 e. The van der Waals surface area contributed by atoms with Crippen LogP contribution >= 0.6 is 23.3 Å². The predicted octanol–water partition coefficient (Wildman–Crippen LogP) is 2.44. The molecule has 0 saturated heterocycles. The van der Waals surface area contributed by atoms with Gasteiger partial charge >= 0.3 is 0 Å². The van der Waals surface area contributed by atoms with Gasteiger partial charge < -0.3 is 10.6 Å². The fourth-order valence-corrected chi connectivity index (χ4v) is 3.43. The van der Waals surface area contributed by atoms with E-state index in [4.69, 9.17) is 5.73 Å². The SMILES string of the molecule is CCN(c1snc(N)c1SC)C1CC1. The van der Waals surface area contributed by atoms with Crippen LogP contribution in [0.3, 0.4) is 0 Å². The van der Waals surface area contributed by atoms with Crippen molar-refractivity contribution in [1.29, 1.82) is 0 Å². The Morgan fingerprint density at radius 2 is 2.36 bits per heavy atom.